The van der Waals surface area contributed by atoms with Gasteiger partial charge in [-0.1, -0.05) is 0 Å². The van der Waals surface area contributed by atoms with Gasteiger partial charge in [-0.25, -0.2) is 9.59 Å². The summed E-state index contributed by atoms with van der Waals surface area (Å²) in [4.78, 5) is 19.5. The highest BCUT2D eigenvalue weighted by Crippen LogP contribution is 1.92. The van der Waals surface area contributed by atoms with Gasteiger partial charge in [-0.05, 0) is 26.9 Å². The van der Waals surface area contributed by atoms with Crippen LogP contribution >= 0.6 is 0 Å². The molecule has 2 unspecified atom stereocenters. The summed E-state index contributed by atoms with van der Waals surface area (Å²) in [6, 6.07) is 0. The fourth-order valence-corrected chi connectivity index (χ4v) is 0.270. The van der Waals surface area contributed by atoms with Gasteiger partial charge in [-0.2, -0.15) is 0 Å². The Hall–Kier alpha value is -2.46. The van der Waals surface area contributed by atoms with Crippen molar-refractivity contribution in [3.8, 4) is 0 Å². The number of nitrogens with one attached hydrogen (secondary N) is 4. The van der Waals surface area contributed by atoms with Crippen molar-refractivity contribution in [2.45, 2.75) is 12.2 Å². The van der Waals surface area contributed by atoms with Crippen LogP contribution in [-0.2, 0) is 9.59 Å². The van der Waals surface area contributed by atoms with E-state index in [2.05, 4.69) is 26.9 Å². The Bertz CT molecular complexity index is 190. The van der Waals surface area contributed by atoms with Crippen LogP contribution in [0.3, 0.4) is 0 Å². The summed E-state index contributed by atoms with van der Waals surface area (Å²) in [6.07, 6.45) is -4.53. The van der Waals surface area contributed by atoms with E-state index in [1.54, 1.807) is 0 Å². The van der Waals surface area contributed by atoms with Gasteiger partial charge in [-0.3, -0.25) is 0 Å². The number of hydrogen-bond donors (Lipinski definition) is 8. The minimum absolute atomic E-state index is 1.77. The third-order valence-corrected chi connectivity index (χ3v) is 0.805. The van der Waals surface area contributed by atoms with Crippen molar-refractivity contribution in [1.29, 1.82) is 21.6 Å². The lowest BCUT2D eigenvalue weighted by atomic mass is 10.2. The Kier molecular flexibility index (Phi) is 48.1. The summed E-state index contributed by atoms with van der Waals surface area (Å²) in [5.41, 5.74) is 0. The van der Waals surface area contributed by atoms with Gasteiger partial charge in [0.15, 0.2) is 12.2 Å². The summed E-state index contributed by atoms with van der Waals surface area (Å²) in [5.74, 6) is -3.54. The molecule has 0 aromatic carbocycles. The zero-order valence-corrected chi connectivity index (χ0v) is 9.59. The molecule has 0 saturated carbocycles. The van der Waals surface area contributed by atoms with Gasteiger partial charge < -0.3 is 42.1 Å². The van der Waals surface area contributed by atoms with Crippen molar-refractivity contribution in [2.24, 2.45) is 0 Å². The van der Waals surface area contributed by atoms with Crippen LogP contribution in [0.15, 0.2) is 0 Å². The molecule has 0 rings (SSSR count). The molecule has 0 aromatic rings. The SMILES string of the molecule is C=N.C=N.C=N.C=N.O=C(O)C(O)C(O)C(=O)O. The lowest BCUT2D eigenvalue weighted by Crippen LogP contribution is -2.39. The summed E-state index contributed by atoms with van der Waals surface area (Å²) in [5, 5.41) is 54.5. The molecule has 18 heavy (non-hydrogen) atoms. The van der Waals surface area contributed by atoms with Crippen LogP contribution in [0.4, 0.5) is 0 Å². The number of aliphatic hydroxyl groups is 2. The molecule has 0 aliphatic carbocycles. The highest BCUT2D eigenvalue weighted by atomic mass is 16.4. The molecule has 8 N–H and O–H groups in total. The number of carbonyl (C=O) groups is 2. The average molecular weight is 266 g/mol. The summed E-state index contributed by atoms with van der Waals surface area (Å²) in [6.45, 7) is 10.0. The second kappa shape index (κ2) is 29.3. The highest BCUT2D eigenvalue weighted by Gasteiger charge is 2.29. The monoisotopic (exact) mass is 266 g/mol. The van der Waals surface area contributed by atoms with Crippen LogP contribution < -0.4 is 0 Å². The van der Waals surface area contributed by atoms with E-state index in [0.29, 0.717) is 0 Å². The van der Waals surface area contributed by atoms with Gasteiger partial charge in [0.2, 0.25) is 0 Å². The topological polar surface area (TPSA) is 210 Å². The number of carboxylic acids is 2. The van der Waals surface area contributed by atoms with Crippen molar-refractivity contribution in [1.82, 2.24) is 0 Å². The number of aliphatic hydroxyl groups excluding tert-OH is 2. The van der Waals surface area contributed by atoms with E-state index in [9.17, 15) is 9.59 Å². The summed E-state index contributed by atoms with van der Waals surface area (Å²) in [7, 11) is 0. The third kappa shape index (κ3) is 23.4. The van der Waals surface area contributed by atoms with Gasteiger partial charge >= 0.3 is 11.9 Å². The van der Waals surface area contributed by atoms with Gasteiger partial charge in [0.1, 0.15) is 0 Å². The zero-order valence-electron chi connectivity index (χ0n) is 9.59. The lowest BCUT2D eigenvalue weighted by Gasteiger charge is -2.07. The molecule has 0 saturated heterocycles. The molecule has 2 atom stereocenters. The first-order valence-corrected chi connectivity index (χ1v) is 3.70. The number of hydrogen-bond acceptors (Lipinski definition) is 8. The van der Waals surface area contributed by atoms with Crippen molar-refractivity contribution in [3.05, 3.63) is 0 Å². The fourth-order valence-electron chi connectivity index (χ4n) is 0.270. The van der Waals surface area contributed by atoms with Crippen molar-refractivity contribution >= 4 is 38.8 Å². The summed E-state index contributed by atoms with van der Waals surface area (Å²) < 4.78 is 0. The maximum absolute atomic E-state index is 9.77. The van der Waals surface area contributed by atoms with Crippen LogP contribution in [0.25, 0.3) is 0 Å². The molecular weight excluding hydrogens is 248 g/mol. The quantitative estimate of drug-likeness (QED) is 0.298. The highest BCUT2D eigenvalue weighted by molar-refractivity contribution is 5.83. The molecule has 0 aliphatic heterocycles. The van der Waals surface area contributed by atoms with E-state index in [0.717, 1.165) is 0 Å². The van der Waals surface area contributed by atoms with E-state index < -0.39 is 24.1 Å². The van der Waals surface area contributed by atoms with E-state index in [1.165, 1.54) is 0 Å². The van der Waals surface area contributed by atoms with Crippen molar-refractivity contribution in [3.63, 3.8) is 0 Å². The van der Waals surface area contributed by atoms with E-state index >= 15 is 0 Å². The first-order valence-electron chi connectivity index (χ1n) is 3.70. The molecule has 0 radical (unpaired) electrons. The molecule has 0 aromatic heterocycles. The van der Waals surface area contributed by atoms with Gasteiger partial charge in [0, 0.05) is 0 Å². The molecule has 0 amide bonds. The normalized spacial score (nSPS) is 9.67. The Morgan fingerprint density at radius 3 is 0.833 bits per heavy atom. The molecule has 0 fully saturated rings. The maximum atomic E-state index is 9.77. The predicted octanol–water partition coefficient (Wildman–Crippen LogP) is -1.06. The van der Waals surface area contributed by atoms with E-state index in [4.69, 9.17) is 42.1 Å². The first-order chi connectivity index (χ1) is 8.46. The standard InChI is InChI=1S/C4H6O6.4CH3N/c5-1(3(7)8)2(6)4(9)10;4*1-2/h1-2,5-6H,(H,7,8)(H,9,10);4*2H,1H2. The minimum Gasteiger partial charge on any atom is -0.479 e. The van der Waals surface area contributed by atoms with Crippen LogP contribution in [0.5, 0.6) is 0 Å². The molecule has 0 aliphatic rings. The summed E-state index contributed by atoms with van der Waals surface area (Å²) >= 11 is 0. The van der Waals surface area contributed by atoms with E-state index in [1.807, 2.05) is 0 Å². The fraction of sp³-hybridized carbons (Fsp3) is 0.250. The van der Waals surface area contributed by atoms with Crippen LogP contribution in [0.2, 0.25) is 0 Å². The molecule has 10 heteroatoms. The number of carboxylic acid groups (broad SMARTS) is 2. The average Bonchev–Trinajstić information content (AvgIpc) is 2.45. The molecule has 106 valence electrons. The predicted molar refractivity (Wildman–Crippen MR) is 66.6 cm³/mol. The molecule has 0 bridgehead atoms. The van der Waals surface area contributed by atoms with E-state index in [-0.39, 0.29) is 0 Å². The van der Waals surface area contributed by atoms with Crippen LogP contribution in [0.1, 0.15) is 0 Å². The third-order valence-electron chi connectivity index (χ3n) is 0.805. The maximum Gasteiger partial charge on any atom is 0.335 e. The molecule has 10 nitrogen and oxygen atoms in total. The zero-order chi connectivity index (χ0) is 16.3. The number of rotatable bonds is 3. The smallest absolute Gasteiger partial charge is 0.335 e. The van der Waals surface area contributed by atoms with Gasteiger partial charge in [0.25, 0.3) is 0 Å². The van der Waals surface area contributed by atoms with Crippen molar-refractivity contribution in [2.75, 3.05) is 0 Å². The molecule has 0 heterocycles. The Labute approximate surface area is 104 Å². The molecule has 0 spiro atoms. The largest absolute Gasteiger partial charge is 0.479 e. The Morgan fingerprint density at radius 1 is 0.667 bits per heavy atom. The van der Waals surface area contributed by atoms with Crippen LogP contribution in [0, 0.1) is 21.6 Å². The molecular formula is C8H18N4O6. The first kappa shape index (κ1) is 29.6. The second-order valence-corrected chi connectivity index (χ2v) is 1.57. The van der Waals surface area contributed by atoms with Crippen molar-refractivity contribution < 1.29 is 30.0 Å². The minimum atomic E-state index is -2.27. The Balaban J connectivity index is -0.0000000596. The van der Waals surface area contributed by atoms with Crippen LogP contribution in [-0.4, -0.2) is 71.4 Å². The van der Waals surface area contributed by atoms with Gasteiger partial charge in [-0.15, -0.1) is 0 Å². The number of aliphatic carboxylic acids is 2. The van der Waals surface area contributed by atoms with Gasteiger partial charge in [0.05, 0.1) is 0 Å². The Morgan fingerprint density at radius 2 is 0.778 bits per heavy atom. The second-order valence-electron chi connectivity index (χ2n) is 1.57. The lowest BCUT2D eigenvalue weighted by molar-refractivity contribution is -0.165.